The Labute approximate surface area is 108 Å². The predicted octanol–water partition coefficient (Wildman–Crippen LogP) is 3.51. The van der Waals surface area contributed by atoms with Crippen LogP contribution in [0.15, 0.2) is 30.3 Å². The van der Waals surface area contributed by atoms with Crippen LogP contribution in [0.5, 0.6) is 0 Å². The number of carboxylic acids is 1. The summed E-state index contributed by atoms with van der Waals surface area (Å²) >= 11 is 1.23. The Morgan fingerprint density at radius 2 is 2.17 bits per heavy atom. The molecule has 0 saturated carbocycles. The van der Waals surface area contributed by atoms with Crippen LogP contribution in [0.4, 0.5) is 10.1 Å². The van der Waals surface area contributed by atoms with Gasteiger partial charge in [0.2, 0.25) is 0 Å². The molecule has 0 bridgehead atoms. The van der Waals surface area contributed by atoms with Crippen molar-refractivity contribution in [1.82, 2.24) is 0 Å². The van der Waals surface area contributed by atoms with Crippen LogP contribution in [0.3, 0.4) is 0 Å². The zero-order valence-corrected chi connectivity index (χ0v) is 10.6. The van der Waals surface area contributed by atoms with Crippen LogP contribution < -0.4 is 5.32 Å². The van der Waals surface area contributed by atoms with E-state index >= 15 is 0 Å². The van der Waals surface area contributed by atoms with E-state index in [0.29, 0.717) is 11.4 Å². The predicted molar refractivity (Wildman–Crippen MR) is 69.7 cm³/mol. The summed E-state index contributed by atoms with van der Waals surface area (Å²) in [6.45, 7) is 2.35. The molecule has 2 N–H and O–H groups in total. The van der Waals surface area contributed by atoms with Gasteiger partial charge in [-0.15, -0.1) is 11.3 Å². The molecule has 1 aromatic heterocycles. The number of nitrogens with one attached hydrogen (secondary N) is 1. The Morgan fingerprint density at radius 3 is 2.78 bits per heavy atom. The summed E-state index contributed by atoms with van der Waals surface area (Å²) in [4.78, 5) is 12.0. The summed E-state index contributed by atoms with van der Waals surface area (Å²) in [5.41, 5.74) is 1.67. The van der Waals surface area contributed by atoms with Crippen LogP contribution in [-0.4, -0.2) is 11.1 Å². The van der Waals surface area contributed by atoms with Crippen molar-refractivity contribution in [2.45, 2.75) is 13.5 Å². The monoisotopic (exact) mass is 265 g/mol. The maximum atomic E-state index is 12.9. The Morgan fingerprint density at radius 1 is 1.39 bits per heavy atom. The molecule has 0 atom stereocenters. The first-order valence-electron chi connectivity index (χ1n) is 5.38. The first-order chi connectivity index (χ1) is 8.56. The Hall–Kier alpha value is -1.88. The van der Waals surface area contributed by atoms with Crippen molar-refractivity contribution in [3.05, 3.63) is 51.5 Å². The van der Waals surface area contributed by atoms with Crippen LogP contribution in [0, 0.1) is 12.7 Å². The van der Waals surface area contributed by atoms with Crippen molar-refractivity contribution in [3.8, 4) is 0 Å². The van der Waals surface area contributed by atoms with Crippen molar-refractivity contribution >= 4 is 23.0 Å². The molecule has 2 aromatic rings. The first kappa shape index (κ1) is 12.6. The molecule has 3 nitrogen and oxygen atoms in total. The Kier molecular flexibility index (Phi) is 3.62. The van der Waals surface area contributed by atoms with Crippen LogP contribution in [-0.2, 0) is 6.54 Å². The number of thiophene rings is 1. The van der Waals surface area contributed by atoms with E-state index in [1.165, 1.54) is 23.5 Å². The maximum Gasteiger partial charge on any atom is 0.345 e. The average Bonchev–Trinajstić information content (AvgIpc) is 2.76. The van der Waals surface area contributed by atoms with Crippen molar-refractivity contribution < 1.29 is 14.3 Å². The van der Waals surface area contributed by atoms with Crippen molar-refractivity contribution in [2.24, 2.45) is 0 Å². The van der Waals surface area contributed by atoms with Crippen LogP contribution in [0.25, 0.3) is 0 Å². The number of hydrogen-bond acceptors (Lipinski definition) is 3. The summed E-state index contributed by atoms with van der Waals surface area (Å²) in [5, 5.41) is 12.0. The highest BCUT2D eigenvalue weighted by Crippen LogP contribution is 2.20. The minimum absolute atomic E-state index is 0.262. The van der Waals surface area contributed by atoms with Gasteiger partial charge in [0.25, 0.3) is 0 Å². The minimum atomic E-state index is -0.913. The number of aryl methyl sites for hydroxylation is 1. The SMILES string of the molecule is Cc1cc(F)ccc1NCc1ccc(C(=O)O)s1. The van der Waals surface area contributed by atoms with Crippen molar-refractivity contribution in [3.63, 3.8) is 0 Å². The van der Waals surface area contributed by atoms with Gasteiger partial charge in [-0.2, -0.15) is 0 Å². The van der Waals surface area contributed by atoms with Gasteiger partial charge in [-0.05, 0) is 42.8 Å². The number of aromatic carboxylic acids is 1. The van der Waals surface area contributed by atoms with E-state index in [1.54, 1.807) is 18.2 Å². The first-order valence-corrected chi connectivity index (χ1v) is 6.20. The second kappa shape index (κ2) is 5.18. The lowest BCUT2D eigenvalue weighted by Crippen LogP contribution is -1.99. The normalized spacial score (nSPS) is 10.3. The lowest BCUT2D eigenvalue weighted by molar-refractivity contribution is 0.0702. The number of hydrogen-bond donors (Lipinski definition) is 2. The highest BCUT2D eigenvalue weighted by Gasteiger charge is 2.07. The van der Waals surface area contributed by atoms with E-state index in [2.05, 4.69) is 5.32 Å². The topological polar surface area (TPSA) is 49.3 Å². The molecule has 1 aromatic carbocycles. The van der Waals surface area contributed by atoms with Crippen LogP contribution in [0.2, 0.25) is 0 Å². The molecule has 18 heavy (non-hydrogen) atoms. The summed E-state index contributed by atoms with van der Waals surface area (Å²) in [6.07, 6.45) is 0. The van der Waals surface area contributed by atoms with Gasteiger partial charge < -0.3 is 10.4 Å². The van der Waals surface area contributed by atoms with E-state index in [9.17, 15) is 9.18 Å². The van der Waals surface area contributed by atoms with Crippen molar-refractivity contribution in [1.29, 1.82) is 0 Å². The molecule has 2 rings (SSSR count). The van der Waals surface area contributed by atoms with Gasteiger partial charge in [0.05, 0.1) is 0 Å². The molecule has 0 aliphatic carbocycles. The summed E-state index contributed by atoms with van der Waals surface area (Å²) in [5.74, 6) is -1.17. The third-order valence-electron chi connectivity index (χ3n) is 2.51. The van der Waals surface area contributed by atoms with E-state index in [1.807, 2.05) is 6.92 Å². The summed E-state index contributed by atoms with van der Waals surface area (Å²) < 4.78 is 12.9. The van der Waals surface area contributed by atoms with E-state index in [4.69, 9.17) is 5.11 Å². The van der Waals surface area contributed by atoms with Gasteiger partial charge in [-0.1, -0.05) is 0 Å². The van der Waals surface area contributed by atoms with Gasteiger partial charge in [-0.25, -0.2) is 9.18 Å². The molecule has 0 unspecified atom stereocenters. The quantitative estimate of drug-likeness (QED) is 0.889. The number of halogens is 1. The molecule has 5 heteroatoms. The van der Waals surface area contributed by atoms with E-state index in [0.717, 1.165) is 16.1 Å². The fourth-order valence-electron chi connectivity index (χ4n) is 1.60. The molecule has 94 valence electrons. The second-order valence-electron chi connectivity index (χ2n) is 3.88. The smallest absolute Gasteiger partial charge is 0.345 e. The zero-order valence-electron chi connectivity index (χ0n) is 9.74. The standard InChI is InChI=1S/C13H12FNO2S/c1-8-6-9(14)2-4-11(8)15-7-10-3-5-12(18-10)13(16)17/h2-6,15H,7H2,1H3,(H,16,17). The number of anilines is 1. The highest BCUT2D eigenvalue weighted by atomic mass is 32.1. The van der Waals surface area contributed by atoms with Crippen LogP contribution in [0.1, 0.15) is 20.1 Å². The van der Waals surface area contributed by atoms with Crippen molar-refractivity contribution in [2.75, 3.05) is 5.32 Å². The van der Waals surface area contributed by atoms with Gasteiger partial charge >= 0.3 is 5.97 Å². The molecule has 0 aliphatic heterocycles. The number of carboxylic acid groups (broad SMARTS) is 1. The molecule has 0 aliphatic rings. The average molecular weight is 265 g/mol. The number of rotatable bonds is 4. The van der Waals surface area contributed by atoms with Gasteiger partial charge in [0, 0.05) is 17.1 Å². The molecule has 0 spiro atoms. The third-order valence-corrected chi connectivity index (χ3v) is 3.59. The van der Waals surface area contributed by atoms with Gasteiger partial charge in [0.15, 0.2) is 0 Å². The van der Waals surface area contributed by atoms with E-state index < -0.39 is 5.97 Å². The lowest BCUT2D eigenvalue weighted by atomic mass is 10.2. The molecule has 0 fully saturated rings. The van der Waals surface area contributed by atoms with E-state index in [-0.39, 0.29) is 5.82 Å². The Balaban J connectivity index is 2.04. The van der Waals surface area contributed by atoms with Gasteiger partial charge in [0.1, 0.15) is 10.7 Å². The maximum absolute atomic E-state index is 12.9. The molecule has 0 amide bonds. The lowest BCUT2D eigenvalue weighted by Gasteiger charge is -2.08. The zero-order chi connectivity index (χ0) is 13.1. The fourth-order valence-corrected chi connectivity index (χ4v) is 2.38. The Bertz CT molecular complexity index is 580. The third kappa shape index (κ3) is 2.87. The number of benzene rings is 1. The van der Waals surface area contributed by atoms with Crippen LogP contribution >= 0.6 is 11.3 Å². The second-order valence-corrected chi connectivity index (χ2v) is 5.05. The molecule has 0 radical (unpaired) electrons. The summed E-state index contributed by atoms with van der Waals surface area (Å²) in [6, 6.07) is 7.89. The molecular weight excluding hydrogens is 253 g/mol. The number of carbonyl (C=O) groups is 1. The van der Waals surface area contributed by atoms with Gasteiger partial charge in [-0.3, -0.25) is 0 Å². The highest BCUT2D eigenvalue weighted by molar-refractivity contribution is 7.13. The largest absolute Gasteiger partial charge is 0.477 e. The fraction of sp³-hybridized carbons (Fsp3) is 0.154. The minimum Gasteiger partial charge on any atom is -0.477 e. The molecule has 1 heterocycles. The summed E-state index contributed by atoms with van der Waals surface area (Å²) in [7, 11) is 0. The molecular formula is C13H12FNO2S. The molecule has 0 saturated heterocycles.